The number of nitrogens with zero attached hydrogens (tertiary/aromatic N) is 1. The number of allylic oxidation sites excluding steroid dienone is 1. The van der Waals surface area contributed by atoms with Gasteiger partial charge in [0, 0.05) is 23.1 Å². The van der Waals surface area contributed by atoms with Gasteiger partial charge in [-0.3, -0.25) is 4.79 Å². The molecule has 2 aromatic rings. The van der Waals surface area contributed by atoms with Crippen LogP contribution < -0.4 is 5.32 Å². The van der Waals surface area contributed by atoms with E-state index in [-0.39, 0.29) is 18.2 Å². The number of halogens is 1. The first-order valence-corrected chi connectivity index (χ1v) is 8.90. The van der Waals surface area contributed by atoms with Crippen LogP contribution in [0.2, 0.25) is 5.02 Å². The van der Waals surface area contributed by atoms with Crippen molar-refractivity contribution >= 4 is 29.3 Å². The van der Waals surface area contributed by atoms with Gasteiger partial charge in [-0.1, -0.05) is 54.1 Å². The lowest BCUT2D eigenvalue weighted by Gasteiger charge is -2.25. The van der Waals surface area contributed by atoms with E-state index in [0.29, 0.717) is 21.4 Å². The number of rotatable bonds is 4. The summed E-state index contributed by atoms with van der Waals surface area (Å²) in [7, 11) is 0. The average Bonchev–Trinajstić information content (AvgIpc) is 2.61. The zero-order chi connectivity index (χ0) is 16.9. The minimum absolute atomic E-state index is 0.0653. The van der Waals surface area contributed by atoms with Gasteiger partial charge < -0.3 is 5.32 Å². The Balaban J connectivity index is 1.88. The van der Waals surface area contributed by atoms with E-state index in [4.69, 9.17) is 11.6 Å². The van der Waals surface area contributed by atoms with Crippen molar-refractivity contribution in [2.75, 3.05) is 0 Å². The number of nitriles is 1. The summed E-state index contributed by atoms with van der Waals surface area (Å²) < 4.78 is 0. The van der Waals surface area contributed by atoms with Crippen LogP contribution in [0.3, 0.4) is 0 Å². The van der Waals surface area contributed by atoms with Gasteiger partial charge in [-0.2, -0.15) is 5.26 Å². The summed E-state index contributed by atoms with van der Waals surface area (Å²) in [5.41, 5.74) is 2.69. The van der Waals surface area contributed by atoms with Crippen LogP contribution in [0.15, 0.2) is 65.2 Å². The number of benzene rings is 2. The molecule has 3 nitrogen and oxygen atoms in total. The lowest BCUT2D eigenvalue weighted by atomic mass is 9.87. The predicted octanol–water partition coefficient (Wildman–Crippen LogP) is 4.61. The molecule has 0 aromatic heterocycles. The summed E-state index contributed by atoms with van der Waals surface area (Å²) in [4.78, 5) is 12.1. The molecule has 1 atom stereocenters. The van der Waals surface area contributed by atoms with Crippen LogP contribution >= 0.6 is 23.4 Å². The predicted molar refractivity (Wildman–Crippen MR) is 97.3 cm³/mol. The maximum Gasteiger partial charge on any atom is 0.225 e. The highest BCUT2D eigenvalue weighted by molar-refractivity contribution is 8.02. The van der Waals surface area contributed by atoms with E-state index >= 15 is 0 Å². The van der Waals surface area contributed by atoms with E-state index in [1.807, 2.05) is 42.5 Å². The van der Waals surface area contributed by atoms with Crippen molar-refractivity contribution in [2.24, 2.45) is 0 Å². The van der Waals surface area contributed by atoms with Gasteiger partial charge in [-0.05, 0) is 23.3 Å². The van der Waals surface area contributed by atoms with Crippen molar-refractivity contribution in [3.63, 3.8) is 0 Å². The Bertz CT molecular complexity index is 810. The van der Waals surface area contributed by atoms with Crippen LogP contribution in [0.1, 0.15) is 23.5 Å². The van der Waals surface area contributed by atoms with Crippen molar-refractivity contribution in [3.05, 3.63) is 81.3 Å². The molecule has 0 saturated heterocycles. The molecule has 1 heterocycles. The number of thioether (sulfide) groups is 1. The van der Waals surface area contributed by atoms with E-state index in [2.05, 4.69) is 11.4 Å². The summed E-state index contributed by atoms with van der Waals surface area (Å²) in [6.45, 7) is 0. The quantitative estimate of drug-likeness (QED) is 0.872. The standard InChI is InChI=1S/C19H15ClN2OS/c20-15-8-6-14(7-9-15)16-10-18(23)22-19(17(16)11-21)24-12-13-4-2-1-3-5-13/h1-9,16H,10,12H2,(H,22,23)/t16-/m0/s1. The Morgan fingerprint density at radius 2 is 1.88 bits per heavy atom. The fourth-order valence-electron chi connectivity index (χ4n) is 2.64. The monoisotopic (exact) mass is 354 g/mol. The molecule has 0 bridgehead atoms. The maximum atomic E-state index is 12.1. The van der Waals surface area contributed by atoms with Gasteiger partial charge in [-0.15, -0.1) is 11.8 Å². The molecule has 24 heavy (non-hydrogen) atoms. The second-order valence-corrected chi connectivity index (χ2v) is 6.91. The fourth-order valence-corrected chi connectivity index (χ4v) is 3.80. The van der Waals surface area contributed by atoms with E-state index in [9.17, 15) is 10.1 Å². The summed E-state index contributed by atoms with van der Waals surface area (Å²) in [5, 5.41) is 13.8. The number of amides is 1. The molecule has 0 aliphatic carbocycles. The molecule has 0 radical (unpaired) electrons. The van der Waals surface area contributed by atoms with E-state index in [0.717, 1.165) is 11.1 Å². The summed E-state index contributed by atoms with van der Waals surface area (Å²) >= 11 is 7.42. The fraction of sp³-hybridized carbons (Fsp3) is 0.158. The molecule has 2 aromatic carbocycles. The van der Waals surface area contributed by atoms with Crippen molar-refractivity contribution in [1.29, 1.82) is 5.26 Å². The van der Waals surface area contributed by atoms with E-state index < -0.39 is 0 Å². The van der Waals surface area contributed by atoms with Crippen molar-refractivity contribution < 1.29 is 4.79 Å². The molecular formula is C19H15ClN2OS. The van der Waals surface area contributed by atoms with Crippen molar-refractivity contribution in [1.82, 2.24) is 5.32 Å². The SMILES string of the molecule is N#CC1=C(SCc2ccccc2)NC(=O)C[C@H]1c1ccc(Cl)cc1. The first kappa shape index (κ1) is 16.6. The molecular weight excluding hydrogens is 340 g/mol. The summed E-state index contributed by atoms with van der Waals surface area (Å²) in [5.74, 6) is 0.415. The van der Waals surface area contributed by atoms with E-state index in [1.54, 1.807) is 12.1 Å². The molecule has 3 rings (SSSR count). The van der Waals surface area contributed by atoms with Crippen LogP contribution in [0.5, 0.6) is 0 Å². The highest BCUT2D eigenvalue weighted by atomic mass is 35.5. The topological polar surface area (TPSA) is 52.9 Å². The van der Waals surface area contributed by atoms with Crippen LogP contribution in [0.25, 0.3) is 0 Å². The molecule has 0 spiro atoms. The van der Waals surface area contributed by atoms with E-state index in [1.165, 1.54) is 11.8 Å². The van der Waals surface area contributed by atoms with Crippen LogP contribution in [-0.4, -0.2) is 5.91 Å². The van der Waals surface area contributed by atoms with Gasteiger partial charge in [0.15, 0.2) is 0 Å². The third kappa shape index (κ3) is 3.81. The second-order valence-electron chi connectivity index (χ2n) is 5.49. The third-order valence-corrected chi connectivity index (χ3v) is 5.19. The van der Waals surface area contributed by atoms with Crippen LogP contribution in [0, 0.1) is 11.3 Å². The molecule has 0 fully saturated rings. The highest BCUT2D eigenvalue weighted by Gasteiger charge is 2.29. The highest BCUT2D eigenvalue weighted by Crippen LogP contribution is 2.37. The minimum Gasteiger partial charge on any atom is -0.320 e. The molecule has 1 N–H and O–H groups in total. The zero-order valence-corrected chi connectivity index (χ0v) is 14.4. The Morgan fingerprint density at radius 3 is 2.54 bits per heavy atom. The summed E-state index contributed by atoms with van der Waals surface area (Å²) in [6.07, 6.45) is 0.278. The van der Waals surface area contributed by atoms with Gasteiger partial charge in [0.2, 0.25) is 5.91 Å². The molecule has 1 aliphatic rings. The number of nitrogens with one attached hydrogen (secondary N) is 1. The molecule has 0 saturated carbocycles. The van der Waals surface area contributed by atoms with Gasteiger partial charge >= 0.3 is 0 Å². The van der Waals surface area contributed by atoms with Gasteiger partial charge in [0.25, 0.3) is 0 Å². The van der Waals surface area contributed by atoms with Gasteiger partial charge in [-0.25, -0.2) is 0 Å². The Hall–Kier alpha value is -2.22. The second kappa shape index (κ2) is 7.57. The number of carbonyl (C=O) groups excluding carboxylic acids is 1. The molecule has 1 amide bonds. The minimum atomic E-state index is -0.223. The Kier molecular flexibility index (Phi) is 5.24. The smallest absolute Gasteiger partial charge is 0.225 e. The maximum absolute atomic E-state index is 12.1. The Labute approximate surface area is 150 Å². The van der Waals surface area contributed by atoms with Crippen LogP contribution in [-0.2, 0) is 10.5 Å². The first-order valence-electron chi connectivity index (χ1n) is 7.53. The summed E-state index contributed by atoms with van der Waals surface area (Å²) in [6, 6.07) is 19.6. The zero-order valence-electron chi connectivity index (χ0n) is 12.8. The largest absolute Gasteiger partial charge is 0.320 e. The van der Waals surface area contributed by atoms with Crippen LogP contribution in [0.4, 0.5) is 0 Å². The average molecular weight is 355 g/mol. The lowest BCUT2D eigenvalue weighted by molar-refractivity contribution is -0.120. The number of carbonyl (C=O) groups is 1. The van der Waals surface area contributed by atoms with Gasteiger partial charge in [0.1, 0.15) is 0 Å². The van der Waals surface area contributed by atoms with Crippen molar-refractivity contribution in [3.8, 4) is 6.07 Å². The Morgan fingerprint density at radius 1 is 1.17 bits per heavy atom. The normalized spacial score (nSPS) is 17.3. The van der Waals surface area contributed by atoms with Crippen molar-refractivity contribution in [2.45, 2.75) is 18.1 Å². The number of hydrogen-bond donors (Lipinski definition) is 1. The molecule has 1 aliphatic heterocycles. The molecule has 5 heteroatoms. The molecule has 0 unspecified atom stereocenters. The number of hydrogen-bond acceptors (Lipinski definition) is 3. The third-order valence-electron chi connectivity index (χ3n) is 3.85. The molecule has 120 valence electrons. The lowest BCUT2D eigenvalue weighted by Crippen LogP contribution is -2.30. The first-order chi connectivity index (χ1) is 11.7. The van der Waals surface area contributed by atoms with Gasteiger partial charge in [0.05, 0.1) is 16.7 Å².